The zero-order valence-corrected chi connectivity index (χ0v) is 7.52. The first kappa shape index (κ1) is 8.62. The van der Waals surface area contributed by atoms with Gasteiger partial charge < -0.3 is 13.6 Å². The fourth-order valence-corrected chi connectivity index (χ4v) is 1.18. The van der Waals surface area contributed by atoms with Crippen LogP contribution in [0, 0.1) is 0 Å². The molecule has 0 unspecified atom stereocenters. The third-order valence-electron chi connectivity index (χ3n) is 1.82. The molecule has 0 radical (unpaired) electrons. The fourth-order valence-electron chi connectivity index (χ4n) is 1.18. The second kappa shape index (κ2) is 3.41. The van der Waals surface area contributed by atoms with Gasteiger partial charge in [0.05, 0.1) is 19.6 Å². The van der Waals surface area contributed by atoms with Crippen LogP contribution in [-0.2, 0) is 4.74 Å². The monoisotopic (exact) mass is 192 g/mol. The molecule has 72 valence electrons. The van der Waals surface area contributed by atoms with E-state index in [0.717, 1.165) is 0 Å². The fraction of sp³-hybridized carbons (Fsp3) is 0.100. The molecule has 2 rings (SSSR count). The molecule has 4 heteroatoms. The number of rotatable bonds is 2. The topological polar surface area (TPSA) is 52.6 Å². The summed E-state index contributed by atoms with van der Waals surface area (Å²) in [4.78, 5) is 11.3. The lowest BCUT2D eigenvalue weighted by Gasteiger charge is -1.96. The van der Waals surface area contributed by atoms with Crippen molar-refractivity contribution in [3.05, 3.63) is 36.3 Å². The van der Waals surface area contributed by atoms with Crippen molar-refractivity contribution in [2.45, 2.75) is 0 Å². The number of esters is 1. The Morgan fingerprint density at radius 3 is 2.79 bits per heavy atom. The van der Waals surface area contributed by atoms with E-state index < -0.39 is 5.97 Å². The normalized spacial score (nSPS) is 10.1. The van der Waals surface area contributed by atoms with Crippen molar-refractivity contribution in [2.24, 2.45) is 0 Å². The molecule has 4 nitrogen and oxygen atoms in total. The summed E-state index contributed by atoms with van der Waals surface area (Å²) in [6.45, 7) is 0. The molecular weight excluding hydrogens is 184 g/mol. The number of methoxy groups -OCH3 is 1. The summed E-state index contributed by atoms with van der Waals surface area (Å²) in [5.41, 5.74) is 0.363. The van der Waals surface area contributed by atoms with Crippen LogP contribution in [0.15, 0.2) is 39.6 Å². The number of carbonyl (C=O) groups excluding carboxylic acids is 1. The molecule has 0 aromatic carbocycles. The van der Waals surface area contributed by atoms with E-state index in [1.807, 2.05) is 0 Å². The molecule has 2 heterocycles. The third-order valence-corrected chi connectivity index (χ3v) is 1.82. The average Bonchev–Trinajstić information content (AvgIpc) is 2.85. The van der Waals surface area contributed by atoms with Crippen LogP contribution in [0.25, 0.3) is 11.5 Å². The van der Waals surface area contributed by atoms with Gasteiger partial charge in [0, 0.05) is 0 Å². The highest BCUT2D eigenvalue weighted by Gasteiger charge is 2.18. The van der Waals surface area contributed by atoms with Gasteiger partial charge in [-0.2, -0.15) is 0 Å². The van der Waals surface area contributed by atoms with E-state index in [4.69, 9.17) is 8.83 Å². The first-order valence-electron chi connectivity index (χ1n) is 4.02. The van der Waals surface area contributed by atoms with Crippen molar-refractivity contribution in [3.63, 3.8) is 0 Å². The van der Waals surface area contributed by atoms with Crippen LogP contribution >= 0.6 is 0 Å². The Balaban J connectivity index is 2.45. The van der Waals surface area contributed by atoms with Crippen LogP contribution < -0.4 is 0 Å². The Kier molecular flexibility index (Phi) is 2.10. The van der Waals surface area contributed by atoms with E-state index in [2.05, 4.69) is 4.74 Å². The van der Waals surface area contributed by atoms with Gasteiger partial charge in [-0.1, -0.05) is 0 Å². The SMILES string of the molecule is COC(=O)c1ccoc1-c1ccco1. The standard InChI is InChI=1S/C10H8O4/c1-12-10(11)7-4-6-14-9(7)8-3-2-5-13-8/h2-6H,1H3. The smallest absolute Gasteiger partial charge is 0.341 e. The minimum Gasteiger partial charge on any atom is -0.465 e. The van der Waals surface area contributed by atoms with Crippen LogP contribution in [0.2, 0.25) is 0 Å². The molecule has 0 atom stereocenters. The molecule has 0 N–H and O–H groups in total. The average molecular weight is 192 g/mol. The molecule has 0 spiro atoms. The van der Waals surface area contributed by atoms with Crippen LogP contribution in [0.3, 0.4) is 0 Å². The number of hydrogen-bond donors (Lipinski definition) is 0. The van der Waals surface area contributed by atoms with Gasteiger partial charge in [-0.25, -0.2) is 4.79 Å². The van der Waals surface area contributed by atoms with Gasteiger partial charge in [-0.3, -0.25) is 0 Å². The van der Waals surface area contributed by atoms with E-state index in [9.17, 15) is 4.79 Å². The summed E-state index contributed by atoms with van der Waals surface area (Å²) in [5, 5.41) is 0. The van der Waals surface area contributed by atoms with Crippen molar-refractivity contribution in [3.8, 4) is 11.5 Å². The third kappa shape index (κ3) is 1.31. The van der Waals surface area contributed by atoms with Crippen molar-refractivity contribution >= 4 is 5.97 Å². The van der Waals surface area contributed by atoms with E-state index in [1.54, 1.807) is 18.2 Å². The second-order valence-electron chi connectivity index (χ2n) is 2.63. The summed E-state index contributed by atoms with van der Waals surface area (Å²) in [6.07, 6.45) is 2.93. The Morgan fingerprint density at radius 1 is 1.29 bits per heavy atom. The van der Waals surface area contributed by atoms with Crippen LogP contribution in [0.4, 0.5) is 0 Å². The predicted octanol–water partition coefficient (Wildman–Crippen LogP) is 2.33. The van der Waals surface area contributed by atoms with Gasteiger partial charge in [-0.05, 0) is 18.2 Å². The highest BCUT2D eigenvalue weighted by Crippen LogP contribution is 2.25. The largest absolute Gasteiger partial charge is 0.465 e. The van der Waals surface area contributed by atoms with Gasteiger partial charge in [-0.15, -0.1) is 0 Å². The van der Waals surface area contributed by atoms with Crippen molar-refractivity contribution in [1.29, 1.82) is 0 Å². The lowest BCUT2D eigenvalue weighted by Crippen LogP contribution is -2.00. The molecule has 0 amide bonds. The van der Waals surface area contributed by atoms with Gasteiger partial charge in [0.2, 0.25) is 0 Å². The molecule has 0 aliphatic carbocycles. The maximum atomic E-state index is 11.3. The summed E-state index contributed by atoms with van der Waals surface area (Å²) < 4.78 is 14.8. The van der Waals surface area contributed by atoms with E-state index in [1.165, 1.54) is 19.6 Å². The van der Waals surface area contributed by atoms with Crippen molar-refractivity contribution in [2.75, 3.05) is 7.11 Å². The highest BCUT2D eigenvalue weighted by atomic mass is 16.5. The highest BCUT2D eigenvalue weighted by molar-refractivity contribution is 5.94. The minimum absolute atomic E-state index is 0.363. The van der Waals surface area contributed by atoms with Crippen LogP contribution in [0.1, 0.15) is 10.4 Å². The molecule has 0 aliphatic rings. The number of ether oxygens (including phenoxy) is 1. The van der Waals surface area contributed by atoms with Crippen LogP contribution in [0.5, 0.6) is 0 Å². The van der Waals surface area contributed by atoms with Gasteiger partial charge in [0.15, 0.2) is 11.5 Å². The first-order chi connectivity index (χ1) is 6.83. The maximum Gasteiger partial charge on any atom is 0.341 e. The maximum absolute atomic E-state index is 11.3. The molecule has 0 saturated heterocycles. The lowest BCUT2D eigenvalue weighted by atomic mass is 10.2. The summed E-state index contributed by atoms with van der Waals surface area (Å²) in [5.74, 6) is 0.461. The molecule has 0 saturated carbocycles. The lowest BCUT2D eigenvalue weighted by molar-refractivity contribution is 0.0601. The first-order valence-corrected chi connectivity index (χ1v) is 4.02. The quantitative estimate of drug-likeness (QED) is 0.685. The zero-order valence-electron chi connectivity index (χ0n) is 7.52. The second-order valence-corrected chi connectivity index (χ2v) is 2.63. The van der Waals surface area contributed by atoms with Gasteiger partial charge in [0.25, 0.3) is 0 Å². The number of carbonyl (C=O) groups is 1. The van der Waals surface area contributed by atoms with Crippen molar-refractivity contribution in [1.82, 2.24) is 0 Å². The predicted molar refractivity (Wildman–Crippen MR) is 47.7 cm³/mol. The molecule has 0 fully saturated rings. The van der Waals surface area contributed by atoms with E-state index >= 15 is 0 Å². The Bertz CT molecular complexity index is 425. The Hall–Kier alpha value is -1.97. The zero-order chi connectivity index (χ0) is 9.97. The number of hydrogen-bond acceptors (Lipinski definition) is 4. The van der Waals surface area contributed by atoms with Crippen molar-refractivity contribution < 1.29 is 18.4 Å². The van der Waals surface area contributed by atoms with E-state index in [-0.39, 0.29) is 0 Å². The van der Waals surface area contributed by atoms with Gasteiger partial charge in [0.1, 0.15) is 5.56 Å². The van der Waals surface area contributed by atoms with Gasteiger partial charge >= 0.3 is 5.97 Å². The van der Waals surface area contributed by atoms with Crippen LogP contribution in [-0.4, -0.2) is 13.1 Å². The molecule has 14 heavy (non-hydrogen) atoms. The number of furan rings is 2. The molecule has 0 bridgehead atoms. The molecular formula is C10H8O4. The Labute approximate surface area is 80.1 Å². The summed E-state index contributed by atoms with van der Waals surface area (Å²) >= 11 is 0. The molecule has 2 aromatic rings. The minimum atomic E-state index is -0.440. The molecule has 2 aromatic heterocycles. The summed E-state index contributed by atoms with van der Waals surface area (Å²) in [7, 11) is 1.32. The Morgan fingerprint density at radius 2 is 2.14 bits per heavy atom. The summed E-state index contributed by atoms with van der Waals surface area (Å²) in [6, 6.07) is 4.98. The van der Waals surface area contributed by atoms with E-state index in [0.29, 0.717) is 17.1 Å². The molecule has 0 aliphatic heterocycles.